The summed E-state index contributed by atoms with van der Waals surface area (Å²) >= 11 is 0. The van der Waals surface area contributed by atoms with Crippen molar-refractivity contribution in [1.82, 2.24) is 4.98 Å². The first-order chi connectivity index (χ1) is 7.75. The fourth-order valence-corrected chi connectivity index (χ4v) is 0.810. The molecule has 1 aromatic rings. The van der Waals surface area contributed by atoms with E-state index in [1.807, 2.05) is 0 Å². The van der Waals surface area contributed by atoms with Crippen LogP contribution in [-0.2, 0) is 4.79 Å². The van der Waals surface area contributed by atoms with E-state index in [-0.39, 0.29) is 0 Å². The van der Waals surface area contributed by atoms with E-state index < -0.39 is 35.8 Å². The number of nitrogens with zero attached hydrogens (tertiary/aromatic N) is 1. The van der Waals surface area contributed by atoms with Crippen LogP contribution in [0.2, 0.25) is 0 Å². The molecule has 1 heterocycles. The molecule has 0 radical (unpaired) electrons. The summed E-state index contributed by atoms with van der Waals surface area (Å²) in [5.41, 5.74) is -0.920. The molecule has 1 amide bonds. The zero-order chi connectivity index (χ0) is 13.2. The third-order valence-electron chi connectivity index (χ3n) is 1.64. The quantitative estimate of drug-likeness (QED) is 0.667. The summed E-state index contributed by atoms with van der Waals surface area (Å²) in [6, 6.07) is 1.15. The summed E-state index contributed by atoms with van der Waals surface area (Å²) in [7, 11) is 0. The Morgan fingerprint density at radius 2 is 1.88 bits per heavy atom. The minimum Gasteiger partial charge on any atom is -0.317 e. The highest BCUT2D eigenvalue weighted by atomic mass is 19.3. The minimum absolute atomic E-state index is 0.569. The van der Waals surface area contributed by atoms with Gasteiger partial charge < -0.3 is 5.32 Å². The van der Waals surface area contributed by atoms with Gasteiger partial charge in [-0.15, -0.1) is 0 Å². The van der Waals surface area contributed by atoms with Gasteiger partial charge in [0.15, 0.2) is 0 Å². The molecule has 0 unspecified atom stereocenters. The van der Waals surface area contributed by atoms with Gasteiger partial charge in [0.1, 0.15) is 0 Å². The first-order valence-electron chi connectivity index (χ1n) is 4.04. The van der Waals surface area contributed by atoms with Gasteiger partial charge in [-0.3, -0.25) is 4.79 Å². The molecular formula is C8H4F6N2O. The largest absolute Gasteiger partial charge is 0.383 e. The standard InChI is InChI=1S/C8H4F6N2O/c9-4-2-1-3(5(10)16-4)15-7(17)8(13,14)6(11)12/h1-2,6H,(H,15,17). The molecule has 0 saturated heterocycles. The number of hydrogen-bond acceptors (Lipinski definition) is 2. The lowest BCUT2D eigenvalue weighted by atomic mass is 10.3. The van der Waals surface area contributed by atoms with Crippen LogP contribution in [0.3, 0.4) is 0 Å². The topological polar surface area (TPSA) is 42.0 Å². The van der Waals surface area contributed by atoms with Crippen molar-refractivity contribution in [3.63, 3.8) is 0 Å². The first kappa shape index (κ1) is 13.3. The van der Waals surface area contributed by atoms with Gasteiger partial charge in [0.05, 0.1) is 5.69 Å². The van der Waals surface area contributed by atoms with Crippen molar-refractivity contribution in [2.75, 3.05) is 5.32 Å². The summed E-state index contributed by atoms with van der Waals surface area (Å²) in [6.07, 6.45) is -4.24. The Bertz CT molecular complexity index is 436. The van der Waals surface area contributed by atoms with Gasteiger partial charge in [-0.05, 0) is 12.1 Å². The summed E-state index contributed by atoms with van der Waals surface area (Å²) in [5.74, 6) is -10.2. The van der Waals surface area contributed by atoms with E-state index in [9.17, 15) is 31.1 Å². The van der Waals surface area contributed by atoms with Crippen LogP contribution < -0.4 is 5.32 Å². The van der Waals surface area contributed by atoms with Gasteiger partial charge in [0.2, 0.25) is 11.9 Å². The molecule has 1 aromatic heterocycles. The second-order valence-electron chi connectivity index (χ2n) is 2.85. The second-order valence-corrected chi connectivity index (χ2v) is 2.85. The first-order valence-corrected chi connectivity index (χ1v) is 4.04. The van der Waals surface area contributed by atoms with Crippen LogP contribution in [0.1, 0.15) is 0 Å². The lowest BCUT2D eigenvalue weighted by molar-refractivity contribution is -0.163. The van der Waals surface area contributed by atoms with E-state index in [4.69, 9.17) is 0 Å². The van der Waals surface area contributed by atoms with Crippen LogP contribution in [0, 0.1) is 11.9 Å². The number of alkyl halides is 4. The summed E-state index contributed by atoms with van der Waals surface area (Å²) in [4.78, 5) is 13.3. The van der Waals surface area contributed by atoms with Crippen LogP contribution in [0.5, 0.6) is 0 Å². The molecule has 0 aliphatic rings. The van der Waals surface area contributed by atoms with E-state index in [1.54, 1.807) is 0 Å². The number of anilines is 1. The van der Waals surface area contributed by atoms with Crippen molar-refractivity contribution in [2.24, 2.45) is 0 Å². The molecule has 1 N–H and O–H groups in total. The Kier molecular flexibility index (Phi) is 3.59. The third kappa shape index (κ3) is 2.86. The van der Waals surface area contributed by atoms with E-state index in [2.05, 4.69) is 4.98 Å². The van der Waals surface area contributed by atoms with E-state index in [0.29, 0.717) is 12.1 Å². The molecule has 0 saturated carbocycles. The van der Waals surface area contributed by atoms with Crippen molar-refractivity contribution in [1.29, 1.82) is 0 Å². The zero-order valence-electron chi connectivity index (χ0n) is 7.86. The fraction of sp³-hybridized carbons (Fsp3) is 0.250. The third-order valence-corrected chi connectivity index (χ3v) is 1.64. The predicted octanol–water partition coefficient (Wildman–Crippen LogP) is 2.20. The average molecular weight is 258 g/mol. The van der Waals surface area contributed by atoms with Gasteiger partial charge in [0.25, 0.3) is 0 Å². The number of hydrogen-bond donors (Lipinski definition) is 1. The molecule has 94 valence electrons. The molecule has 0 spiro atoms. The van der Waals surface area contributed by atoms with Gasteiger partial charge in [0, 0.05) is 0 Å². The highest BCUT2D eigenvalue weighted by Crippen LogP contribution is 2.25. The molecule has 3 nitrogen and oxygen atoms in total. The zero-order valence-corrected chi connectivity index (χ0v) is 7.86. The van der Waals surface area contributed by atoms with Crippen molar-refractivity contribution in [3.05, 3.63) is 24.0 Å². The fourth-order valence-electron chi connectivity index (χ4n) is 0.810. The molecule has 0 bridgehead atoms. The molecule has 0 aromatic carbocycles. The minimum atomic E-state index is -4.97. The Balaban J connectivity index is 2.89. The number of carbonyl (C=O) groups excluding carboxylic acids is 1. The number of amides is 1. The Hall–Kier alpha value is -1.80. The highest BCUT2D eigenvalue weighted by molar-refractivity contribution is 5.96. The smallest absolute Gasteiger partial charge is 0.317 e. The predicted molar refractivity (Wildman–Crippen MR) is 43.7 cm³/mol. The van der Waals surface area contributed by atoms with Gasteiger partial charge >= 0.3 is 18.3 Å². The summed E-state index contributed by atoms with van der Waals surface area (Å²) in [5, 5.41) is 1.19. The maximum Gasteiger partial charge on any atom is 0.383 e. The van der Waals surface area contributed by atoms with Crippen molar-refractivity contribution < 1.29 is 31.1 Å². The summed E-state index contributed by atoms with van der Waals surface area (Å²) in [6.45, 7) is 0. The maximum absolute atomic E-state index is 12.8. The van der Waals surface area contributed by atoms with Gasteiger partial charge in [-0.2, -0.15) is 22.5 Å². The monoisotopic (exact) mass is 258 g/mol. The van der Waals surface area contributed by atoms with Crippen LogP contribution in [0.4, 0.5) is 32.0 Å². The van der Waals surface area contributed by atoms with Gasteiger partial charge in [-0.25, -0.2) is 8.78 Å². The molecule has 0 fully saturated rings. The van der Waals surface area contributed by atoms with Gasteiger partial charge in [-0.1, -0.05) is 0 Å². The normalized spacial score (nSPS) is 11.7. The molecule has 0 aliphatic heterocycles. The van der Waals surface area contributed by atoms with Crippen LogP contribution in [0.25, 0.3) is 0 Å². The molecule has 9 heteroatoms. The summed E-state index contributed by atoms with van der Waals surface area (Å²) < 4.78 is 73.5. The second kappa shape index (κ2) is 4.60. The number of halogens is 6. The maximum atomic E-state index is 12.8. The van der Waals surface area contributed by atoms with Crippen molar-refractivity contribution in [2.45, 2.75) is 12.3 Å². The number of carbonyl (C=O) groups is 1. The average Bonchev–Trinajstić information content (AvgIpc) is 2.21. The Morgan fingerprint density at radius 3 is 2.35 bits per heavy atom. The Labute approximate surface area is 90.5 Å². The number of pyridine rings is 1. The molecule has 1 rings (SSSR count). The SMILES string of the molecule is O=C(Nc1ccc(F)nc1F)C(F)(F)C(F)F. The number of nitrogens with one attached hydrogen (secondary N) is 1. The molecule has 0 aliphatic carbocycles. The Morgan fingerprint density at radius 1 is 1.29 bits per heavy atom. The van der Waals surface area contributed by atoms with Crippen molar-refractivity contribution in [3.8, 4) is 0 Å². The van der Waals surface area contributed by atoms with E-state index >= 15 is 0 Å². The number of aromatic nitrogens is 1. The number of rotatable bonds is 3. The lowest BCUT2D eigenvalue weighted by Gasteiger charge is -2.14. The van der Waals surface area contributed by atoms with Crippen LogP contribution >= 0.6 is 0 Å². The molecule has 0 atom stereocenters. The molecular weight excluding hydrogens is 254 g/mol. The van der Waals surface area contributed by atoms with Crippen LogP contribution in [-0.4, -0.2) is 23.2 Å². The highest BCUT2D eigenvalue weighted by Gasteiger charge is 2.49. The lowest BCUT2D eigenvalue weighted by Crippen LogP contribution is -2.41. The van der Waals surface area contributed by atoms with E-state index in [0.717, 1.165) is 0 Å². The van der Waals surface area contributed by atoms with Crippen LogP contribution in [0.15, 0.2) is 12.1 Å². The van der Waals surface area contributed by atoms with E-state index in [1.165, 1.54) is 5.32 Å². The van der Waals surface area contributed by atoms with Crippen molar-refractivity contribution >= 4 is 11.6 Å². The molecule has 17 heavy (non-hydrogen) atoms.